The Bertz CT molecular complexity index is 3730. The molecule has 0 unspecified atom stereocenters. The Balaban J connectivity index is 1.48. The van der Waals surface area contributed by atoms with Gasteiger partial charge in [0.1, 0.15) is 0 Å². The van der Waals surface area contributed by atoms with Crippen molar-refractivity contribution in [2.45, 2.75) is 0 Å². The molecule has 10 aromatic carbocycles. The Morgan fingerprint density at radius 1 is 0.241 bits per heavy atom. The molecule has 0 aromatic heterocycles. The van der Waals surface area contributed by atoms with Gasteiger partial charge in [0.25, 0.3) is 0 Å². The van der Waals surface area contributed by atoms with Crippen molar-refractivity contribution in [3.63, 3.8) is 0 Å². The lowest BCUT2D eigenvalue weighted by Crippen LogP contribution is -1.97. The van der Waals surface area contributed by atoms with Gasteiger partial charge in [-0.25, -0.2) is 0 Å². The van der Waals surface area contributed by atoms with Gasteiger partial charge in [-0.1, -0.05) is 206 Å². The van der Waals surface area contributed by atoms with E-state index in [0.717, 1.165) is 33.4 Å². The van der Waals surface area contributed by atoms with Crippen LogP contribution in [0.4, 0.5) is 0 Å². The first-order valence-corrected chi connectivity index (χ1v) is 17.5. The molecule has 0 bridgehead atoms. The largest absolute Gasteiger partial charge is 0.0630 e. The lowest BCUT2D eigenvalue weighted by molar-refractivity contribution is 1.56. The standard InChI is InChI=1S/C54H36/c1-5-19-37(20-6-1)41-35-50(39-23-9-3-10-24-39)54(51(36-41)40-25-11-4-12-26-40)53-47-31-17-15-29-45(47)52(46-30-16-18-32-48(46)53)49-34-33-42(38-21-7-2-8-22-38)43-27-13-14-28-44(43)49/h1-36H/i2D,7D,8D,13D,14D,15D,17D,21D,22D,27D,28D,29D,31D,33D,34D. The SMILES string of the molecule is [2H]c1c([2H])c([2H])c(-c2c([2H])c([2H])c(-c3c4ccccc4c(-c4c(-c5ccccc5)cc(-c5ccccc5)cc4-c4ccccc4)c4c([2H])c([2H])c([2H])c([2H])c34)c3c([2H])c([2H])c([2H])c([2H])c23)c([2H])c1[2H]. The van der Waals surface area contributed by atoms with Crippen molar-refractivity contribution in [1.29, 1.82) is 0 Å². The third kappa shape index (κ3) is 5.40. The predicted molar refractivity (Wildman–Crippen MR) is 232 cm³/mol. The highest BCUT2D eigenvalue weighted by atomic mass is 14.3. The van der Waals surface area contributed by atoms with Crippen LogP contribution in [0, 0.1) is 0 Å². The molecule has 0 atom stereocenters. The van der Waals surface area contributed by atoms with Gasteiger partial charge in [0.2, 0.25) is 0 Å². The van der Waals surface area contributed by atoms with Gasteiger partial charge < -0.3 is 0 Å². The topological polar surface area (TPSA) is 0 Å². The third-order valence-corrected chi connectivity index (χ3v) is 9.82. The van der Waals surface area contributed by atoms with E-state index in [0.29, 0.717) is 21.9 Å². The number of fused-ring (bicyclic) bond motifs is 3. The second-order valence-electron chi connectivity index (χ2n) is 12.8. The molecule has 0 nitrogen and oxygen atoms in total. The van der Waals surface area contributed by atoms with E-state index in [1.165, 1.54) is 0 Å². The lowest BCUT2D eigenvalue weighted by Gasteiger charge is -2.24. The molecule has 0 aliphatic heterocycles. The molecular formula is C54H36. The van der Waals surface area contributed by atoms with Crippen molar-refractivity contribution in [1.82, 2.24) is 0 Å². The Kier molecular flexibility index (Phi) is 4.93. The molecule has 0 aliphatic carbocycles. The first-order chi connectivity index (χ1) is 33.1. The summed E-state index contributed by atoms with van der Waals surface area (Å²) in [7, 11) is 0. The van der Waals surface area contributed by atoms with Crippen LogP contribution in [0.5, 0.6) is 0 Å². The normalized spacial score (nSPS) is 15.2. The molecule has 0 saturated heterocycles. The second-order valence-corrected chi connectivity index (χ2v) is 12.8. The molecule has 0 heterocycles. The van der Waals surface area contributed by atoms with E-state index in [-0.39, 0.29) is 27.3 Å². The van der Waals surface area contributed by atoms with Crippen LogP contribution in [0.3, 0.4) is 0 Å². The van der Waals surface area contributed by atoms with Crippen LogP contribution < -0.4 is 0 Å². The highest BCUT2D eigenvalue weighted by molar-refractivity contribution is 6.26. The summed E-state index contributed by atoms with van der Waals surface area (Å²) < 4.78 is 137. The summed E-state index contributed by atoms with van der Waals surface area (Å²) >= 11 is 0. The zero-order valence-electron chi connectivity index (χ0n) is 43.6. The summed E-state index contributed by atoms with van der Waals surface area (Å²) in [6.45, 7) is 0. The highest BCUT2D eigenvalue weighted by Crippen LogP contribution is 2.51. The van der Waals surface area contributed by atoms with Crippen LogP contribution in [-0.4, -0.2) is 0 Å². The van der Waals surface area contributed by atoms with Crippen LogP contribution in [0.25, 0.3) is 99.1 Å². The van der Waals surface area contributed by atoms with Crippen molar-refractivity contribution >= 4 is 32.3 Å². The molecule has 0 saturated carbocycles. The Morgan fingerprint density at radius 2 is 0.667 bits per heavy atom. The van der Waals surface area contributed by atoms with Gasteiger partial charge >= 0.3 is 0 Å². The van der Waals surface area contributed by atoms with Crippen molar-refractivity contribution in [2.75, 3.05) is 0 Å². The zero-order chi connectivity index (χ0) is 48.9. The molecule has 0 aliphatic rings. The maximum atomic E-state index is 9.89. The van der Waals surface area contributed by atoms with Crippen molar-refractivity contribution in [2.24, 2.45) is 0 Å². The van der Waals surface area contributed by atoms with Crippen LogP contribution in [-0.2, 0) is 0 Å². The fourth-order valence-corrected chi connectivity index (χ4v) is 7.48. The molecule has 0 radical (unpaired) electrons. The molecule has 54 heavy (non-hydrogen) atoms. The van der Waals surface area contributed by atoms with Crippen LogP contribution in [0.2, 0.25) is 0 Å². The van der Waals surface area contributed by atoms with E-state index in [2.05, 4.69) is 12.1 Å². The molecule has 0 N–H and O–H groups in total. The molecule has 252 valence electrons. The summed E-state index contributed by atoms with van der Waals surface area (Å²) in [6.07, 6.45) is 0. The van der Waals surface area contributed by atoms with Crippen LogP contribution in [0.15, 0.2) is 218 Å². The van der Waals surface area contributed by atoms with Crippen molar-refractivity contribution in [3.8, 4) is 66.8 Å². The summed E-state index contributed by atoms with van der Waals surface area (Å²) in [5, 5.41) is 0.0153. The number of rotatable bonds is 6. The van der Waals surface area contributed by atoms with Gasteiger partial charge in [-0.15, -0.1) is 0 Å². The van der Waals surface area contributed by atoms with Gasteiger partial charge in [-0.2, -0.15) is 0 Å². The van der Waals surface area contributed by atoms with Crippen LogP contribution >= 0.6 is 0 Å². The minimum Gasteiger partial charge on any atom is -0.0622 e. The first-order valence-electron chi connectivity index (χ1n) is 25.0. The molecule has 0 heteroatoms. The minimum atomic E-state index is -0.750. The van der Waals surface area contributed by atoms with Crippen molar-refractivity contribution in [3.05, 3.63) is 218 Å². The zero-order valence-corrected chi connectivity index (χ0v) is 28.6. The van der Waals surface area contributed by atoms with E-state index in [1.54, 1.807) is 24.3 Å². The third-order valence-electron chi connectivity index (χ3n) is 9.82. The summed E-state index contributed by atoms with van der Waals surface area (Å²) in [5.74, 6) is 0. The average molecular weight is 700 g/mol. The smallest absolute Gasteiger partial charge is 0.0622 e. The number of hydrogen-bond acceptors (Lipinski definition) is 0. The highest BCUT2D eigenvalue weighted by Gasteiger charge is 2.24. The molecule has 10 aromatic rings. The Hall–Kier alpha value is -7.02. The van der Waals surface area contributed by atoms with E-state index < -0.39 is 107 Å². The van der Waals surface area contributed by atoms with Gasteiger partial charge in [-0.05, 0) is 111 Å². The van der Waals surface area contributed by atoms with Gasteiger partial charge in [-0.3, -0.25) is 0 Å². The Morgan fingerprint density at radius 3 is 1.24 bits per heavy atom. The van der Waals surface area contributed by atoms with Gasteiger partial charge in [0, 0.05) is 0 Å². The quantitative estimate of drug-likeness (QED) is 0.152. The van der Waals surface area contributed by atoms with Gasteiger partial charge in [0.05, 0.1) is 20.6 Å². The fourth-order valence-electron chi connectivity index (χ4n) is 7.48. The summed E-state index contributed by atoms with van der Waals surface area (Å²) in [5.41, 5.74) is 4.66. The fraction of sp³-hybridized carbons (Fsp3) is 0. The molecular weight excluding hydrogens is 649 g/mol. The van der Waals surface area contributed by atoms with Crippen LogP contribution in [0.1, 0.15) is 20.6 Å². The molecule has 0 spiro atoms. The van der Waals surface area contributed by atoms with E-state index in [1.807, 2.05) is 91.0 Å². The van der Waals surface area contributed by atoms with E-state index in [9.17, 15) is 9.60 Å². The van der Waals surface area contributed by atoms with Gasteiger partial charge in [0.15, 0.2) is 0 Å². The average Bonchev–Trinajstić information content (AvgIpc) is 3.38. The number of hydrogen-bond donors (Lipinski definition) is 0. The maximum Gasteiger partial charge on any atom is 0.0630 e. The van der Waals surface area contributed by atoms with E-state index in [4.69, 9.17) is 11.0 Å². The van der Waals surface area contributed by atoms with E-state index >= 15 is 0 Å². The van der Waals surface area contributed by atoms with Crippen molar-refractivity contribution < 1.29 is 20.6 Å². The summed E-state index contributed by atoms with van der Waals surface area (Å²) in [6, 6.07) is 30.3. The molecule has 0 amide bonds. The molecule has 10 rings (SSSR count). The number of benzene rings is 10. The predicted octanol–water partition coefficient (Wildman–Crippen LogP) is 15.1. The lowest BCUT2D eigenvalue weighted by atomic mass is 9.79. The maximum absolute atomic E-state index is 9.89. The second kappa shape index (κ2) is 13.5. The Labute approximate surface area is 337 Å². The summed E-state index contributed by atoms with van der Waals surface area (Å²) in [4.78, 5) is 0. The first kappa shape index (κ1) is 19.7. The minimum absolute atomic E-state index is 0.0130. The monoisotopic (exact) mass is 699 g/mol. The molecule has 0 fully saturated rings.